The first kappa shape index (κ1) is 4.65. The molecule has 1 nitrogen and oxygen atoms in total. The summed E-state index contributed by atoms with van der Waals surface area (Å²) in [7, 11) is 0. The van der Waals surface area contributed by atoms with E-state index in [2.05, 4.69) is 23.8 Å². The molecule has 0 aliphatic carbocycles. The Hall–Kier alpha value is -0.500. The Morgan fingerprint density at radius 3 is 2.86 bits per heavy atom. The van der Waals surface area contributed by atoms with Crippen LogP contribution in [-0.4, -0.2) is 4.98 Å². The average molecular weight is 110 g/mol. The van der Waals surface area contributed by atoms with E-state index in [1.807, 2.05) is 6.07 Å². The standard InChI is InChI=1S/C5H4NS/c7-5-3-1-2-4-6-5/h1-3H,(H,6,7). The maximum Gasteiger partial charge on any atom is 0.0937 e. The van der Waals surface area contributed by atoms with Gasteiger partial charge in [-0.15, -0.1) is 12.6 Å². The Balaban J connectivity index is 3.02. The molecule has 0 bridgehead atoms. The van der Waals surface area contributed by atoms with Gasteiger partial charge in [0.25, 0.3) is 0 Å². The fourth-order valence-corrected chi connectivity index (χ4v) is 0.462. The van der Waals surface area contributed by atoms with E-state index in [0.717, 1.165) is 0 Å². The van der Waals surface area contributed by atoms with Crippen molar-refractivity contribution in [2.24, 2.45) is 0 Å². The molecule has 7 heavy (non-hydrogen) atoms. The highest BCUT2D eigenvalue weighted by molar-refractivity contribution is 7.80. The second-order valence-electron chi connectivity index (χ2n) is 1.12. The van der Waals surface area contributed by atoms with Crippen LogP contribution in [0.15, 0.2) is 23.2 Å². The van der Waals surface area contributed by atoms with Gasteiger partial charge < -0.3 is 0 Å². The molecule has 0 spiro atoms. The highest BCUT2D eigenvalue weighted by Crippen LogP contribution is 1.94. The normalized spacial score (nSPS) is 8.71. The van der Waals surface area contributed by atoms with Crippen molar-refractivity contribution in [1.29, 1.82) is 0 Å². The minimum Gasteiger partial charge on any atom is -0.240 e. The third-order valence-corrected chi connectivity index (χ3v) is 0.844. The third-order valence-electron chi connectivity index (χ3n) is 0.595. The van der Waals surface area contributed by atoms with Gasteiger partial charge in [-0.25, -0.2) is 4.98 Å². The molecule has 35 valence electrons. The predicted octanol–water partition coefficient (Wildman–Crippen LogP) is 1.17. The number of rotatable bonds is 0. The summed E-state index contributed by atoms with van der Waals surface area (Å²) in [5.74, 6) is 0. The Morgan fingerprint density at radius 2 is 2.57 bits per heavy atom. The van der Waals surface area contributed by atoms with Crippen LogP contribution in [-0.2, 0) is 0 Å². The molecule has 1 aromatic heterocycles. The monoisotopic (exact) mass is 110 g/mol. The van der Waals surface area contributed by atoms with Crippen molar-refractivity contribution < 1.29 is 0 Å². The molecular formula is C5H4NS. The van der Waals surface area contributed by atoms with E-state index in [1.165, 1.54) is 0 Å². The van der Waals surface area contributed by atoms with E-state index in [-0.39, 0.29) is 0 Å². The molecule has 0 amide bonds. The van der Waals surface area contributed by atoms with E-state index in [4.69, 9.17) is 0 Å². The van der Waals surface area contributed by atoms with Crippen LogP contribution in [0.3, 0.4) is 0 Å². The zero-order chi connectivity index (χ0) is 5.11. The molecule has 0 fully saturated rings. The van der Waals surface area contributed by atoms with E-state index in [9.17, 15) is 0 Å². The first-order valence-corrected chi connectivity index (χ1v) is 2.36. The summed E-state index contributed by atoms with van der Waals surface area (Å²) in [5, 5.41) is 0.711. The van der Waals surface area contributed by atoms with Crippen LogP contribution in [0.25, 0.3) is 0 Å². The maximum atomic E-state index is 3.94. The quantitative estimate of drug-likeness (QED) is 0.495. The fraction of sp³-hybridized carbons (Fsp3) is 0. The number of pyridine rings is 1. The van der Waals surface area contributed by atoms with E-state index in [1.54, 1.807) is 12.1 Å². The van der Waals surface area contributed by atoms with Gasteiger partial charge in [0, 0.05) is 0 Å². The topological polar surface area (TPSA) is 12.9 Å². The molecule has 2 heteroatoms. The molecule has 0 N–H and O–H groups in total. The number of thiol groups is 1. The van der Waals surface area contributed by atoms with Crippen molar-refractivity contribution >= 4 is 12.6 Å². The van der Waals surface area contributed by atoms with Gasteiger partial charge in [-0.05, 0) is 12.1 Å². The minimum atomic E-state index is 0.711. The number of nitrogens with zero attached hydrogens (tertiary/aromatic N) is 1. The van der Waals surface area contributed by atoms with Crippen molar-refractivity contribution in [3.05, 3.63) is 24.4 Å². The van der Waals surface area contributed by atoms with Gasteiger partial charge in [-0.2, -0.15) is 0 Å². The number of hydrogen-bond acceptors (Lipinski definition) is 2. The van der Waals surface area contributed by atoms with Crippen LogP contribution >= 0.6 is 12.6 Å². The average Bonchev–Trinajstić information content (AvgIpc) is 1.69. The van der Waals surface area contributed by atoms with Crippen LogP contribution < -0.4 is 0 Å². The summed E-state index contributed by atoms with van der Waals surface area (Å²) in [5.41, 5.74) is 0. The zero-order valence-corrected chi connectivity index (χ0v) is 4.52. The Bertz CT molecular complexity index is 138. The Kier molecular flexibility index (Phi) is 1.32. The fourth-order valence-electron chi connectivity index (χ4n) is 0.318. The lowest BCUT2D eigenvalue weighted by Gasteiger charge is -1.80. The van der Waals surface area contributed by atoms with Crippen molar-refractivity contribution in [2.45, 2.75) is 5.03 Å². The number of aromatic nitrogens is 1. The molecule has 0 atom stereocenters. The molecule has 1 radical (unpaired) electrons. The molecule has 1 aromatic rings. The van der Waals surface area contributed by atoms with Gasteiger partial charge in [0.05, 0.1) is 11.2 Å². The van der Waals surface area contributed by atoms with E-state index < -0.39 is 0 Å². The van der Waals surface area contributed by atoms with Gasteiger partial charge in [0.1, 0.15) is 0 Å². The van der Waals surface area contributed by atoms with Crippen molar-refractivity contribution in [3.63, 3.8) is 0 Å². The first-order chi connectivity index (χ1) is 3.39. The van der Waals surface area contributed by atoms with Crippen molar-refractivity contribution in [2.75, 3.05) is 0 Å². The zero-order valence-electron chi connectivity index (χ0n) is 3.63. The van der Waals surface area contributed by atoms with Gasteiger partial charge in [0.2, 0.25) is 0 Å². The maximum absolute atomic E-state index is 3.94. The summed E-state index contributed by atoms with van der Waals surface area (Å²) in [6, 6.07) is 5.38. The first-order valence-electron chi connectivity index (χ1n) is 1.91. The molecule has 0 aliphatic heterocycles. The second-order valence-corrected chi connectivity index (χ2v) is 1.58. The lowest BCUT2D eigenvalue weighted by atomic mass is 10.5. The molecule has 0 unspecified atom stereocenters. The lowest BCUT2D eigenvalue weighted by molar-refractivity contribution is 1.13. The Morgan fingerprint density at radius 1 is 1.71 bits per heavy atom. The largest absolute Gasteiger partial charge is 0.240 e. The van der Waals surface area contributed by atoms with Gasteiger partial charge in [-0.1, -0.05) is 6.07 Å². The van der Waals surface area contributed by atoms with Crippen molar-refractivity contribution in [1.82, 2.24) is 4.98 Å². The molecule has 1 heterocycles. The van der Waals surface area contributed by atoms with Crippen molar-refractivity contribution in [3.8, 4) is 0 Å². The summed E-state index contributed by atoms with van der Waals surface area (Å²) in [4.78, 5) is 3.72. The van der Waals surface area contributed by atoms with E-state index >= 15 is 0 Å². The highest BCUT2D eigenvalue weighted by Gasteiger charge is 1.75. The van der Waals surface area contributed by atoms with Crippen LogP contribution in [0, 0.1) is 6.20 Å². The molecule has 0 saturated heterocycles. The minimum absolute atomic E-state index is 0.711. The van der Waals surface area contributed by atoms with Gasteiger partial charge in [0.15, 0.2) is 0 Å². The third kappa shape index (κ3) is 1.20. The SMILES string of the molecule is Sc1ccc[c]n1. The summed E-state index contributed by atoms with van der Waals surface area (Å²) in [6.07, 6.45) is 2.63. The highest BCUT2D eigenvalue weighted by atomic mass is 32.1. The summed E-state index contributed by atoms with van der Waals surface area (Å²) >= 11 is 3.94. The lowest BCUT2D eigenvalue weighted by Crippen LogP contribution is -1.68. The summed E-state index contributed by atoms with van der Waals surface area (Å²) in [6.45, 7) is 0. The molecule has 1 rings (SSSR count). The smallest absolute Gasteiger partial charge is 0.0937 e. The van der Waals surface area contributed by atoms with E-state index in [0.29, 0.717) is 5.03 Å². The van der Waals surface area contributed by atoms with Crippen LogP contribution in [0.1, 0.15) is 0 Å². The predicted molar refractivity (Wildman–Crippen MR) is 30.3 cm³/mol. The molecular weight excluding hydrogens is 106 g/mol. The van der Waals surface area contributed by atoms with Crippen LogP contribution in [0.4, 0.5) is 0 Å². The van der Waals surface area contributed by atoms with Crippen LogP contribution in [0.5, 0.6) is 0 Å². The van der Waals surface area contributed by atoms with Gasteiger partial charge >= 0.3 is 0 Å². The summed E-state index contributed by atoms with van der Waals surface area (Å²) < 4.78 is 0. The Labute approximate surface area is 47.8 Å². The molecule has 0 aliphatic rings. The molecule has 0 aromatic carbocycles. The number of hydrogen-bond donors (Lipinski definition) is 1. The second kappa shape index (κ2) is 1.98. The molecule has 0 saturated carbocycles. The van der Waals surface area contributed by atoms with Gasteiger partial charge in [-0.3, -0.25) is 0 Å². The van der Waals surface area contributed by atoms with Crippen LogP contribution in [0.2, 0.25) is 0 Å².